The number of nitrogens with zero attached hydrogens (tertiary/aromatic N) is 3. The average molecular weight is 467 g/mol. The van der Waals surface area contributed by atoms with Gasteiger partial charge in [0.25, 0.3) is 5.91 Å². The zero-order valence-electron chi connectivity index (χ0n) is 17.2. The standard InChI is InChI=1S/C22H22ClF3N4O2/c23-18-13-15(5-9-27-18)19(31)29-10-6-21(7-11-29)8-12-30(14-21)20(32)28-17-3-1-16(2-4-17)22(24,25)26/h1-5,9,13H,6-8,10-12,14H2,(H,28,32). The highest BCUT2D eigenvalue weighted by Gasteiger charge is 2.43. The average Bonchev–Trinajstić information content (AvgIpc) is 3.17. The lowest BCUT2D eigenvalue weighted by molar-refractivity contribution is -0.137. The van der Waals surface area contributed by atoms with Crippen molar-refractivity contribution in [3.05, 3.63) is 58.9 Å². The second-order valence-electron chi connectivity index (χ2n) is 8.34. The van der Waals surface area contributed by atoms with E-state index in [2.05, 4.69) is 10.3 Å². The normalized spacial score (nSPS) is 18.1. The first-order valence-electron chi connectivity index (χ1n) is 10.3. The molecule has 0 bridgehead atoms. The summed E-state index contributed by atoms with van der Waals surface area (Å²) < 4.78 is 38.1. The van der Waals surface area contributed by atoms with Crippen LogP contribution in [0.15, 0.2) is 42.6 Å². The molecule has 170 valence electrons. The molecule has 2 aliphatic heterocycles. The highest BCUT2D eigenvalue weighted by molar-refractivity contribution is 6.29. The van der Waals surface area contributed by atoms with Crippen molar-refractivity contribution in [2.75, 3.05) is 31.5 Å². The van der Waals surface area contributed by atoms with Gasteiger partial charge in [-0.05, 0) is 61.1 Å². The van der Waals surface area contributed by atoms with E-state index >= 15 is 0 Å². The molecule has 4 rings (SSSR count). The van der Waals surface area contributed by atoms with Gasteiger partial charge in [0.05, 0.1) is 5.56 Å². The number of rotatable bonds is 2. The molecule has 10 heteroatoms. The van der Waals surface area contributed by atoms with E-state index in [-0.39, 0.29) is 22.5 Å². The van der Waals surface area contributed by atoms with Gasteiger partial charge in [-0.2, -0.15) is 13.2 Å². The van der Waals surface area contributed by atoms with Crippen molar-refractivity contribution in [2.24, 2.45) is 5.41 Å². The molecule has 0 radical (unpaired) electrons. The van der Waals surface area contributed by atoms with Gasteiger partial charge >= 0.3 is 12.2 Å². The number of benzene rings is 1. The van der Waals surface area contributed by atoms with E-state index in [1.165, 1.54) is 18.3 Å². The van der Waals surface area contributed by atoms with Gasteiger partial charge in [-0.1, -0.05) is 11.6 Å². The number of urea groups is 1. The van der Waals surface area contributed by atoms with Crippen molar-refractivity contribution in [3.63, 3.8) is 0 Å². The number of piperidine rings is 1. The molecule has 0 saturated carbocycles. The summed E-state index contributed by atoms with van der Waals surface area (Å²) in [6, 6.07) is 7.27. The largest absolute Gasteiger partial charge is 0.416 e. The lowest BCUT2D eigenvalue weighted by Crippen LogP contribution is -2.45. The highest BCUT2D eigenvalue weighted by Crippen LogP contribution is 2.41. The number of halogens is 4. The molecular formula is C22H22ClF3N4O2. The smallest absolute Gasteiger partial charge is 0.339 e. The minimum absolute atomic E-state index is 0.0514. The molecule has 2 saturated heterocycles. The molecule has 2 aromatic rings. The first-order chi connectivity index (χ1) is 15.2. The predicted molar refractivity (Wildman–Crippen MR) is 113 cm³/mol. The van der Waals surface area contributed by atoms with Crippen LogP contribution >= 0.6 is 11.6 Å². The SMILES string of the molecule is O=C(Nc1ccc(C(F)(F)F)cc1)N1CCC2(CCN(C(=O)c3ccnc(Cl)c3)CC2)C1. The Morgan fingerprint density at radius 3 is 2.22 bits per heavy atom. The fraction of sp³-hybridized carbons (Fsp3) is 0.409. The molecule has 1 spiro atoms. The maximum atomic E-state index is 12.7. The van der Waals surface area contributed by atoms with E-state index < -0.39 is 11.7 Å². The van der Waals surface area contributed by atoms with Crippen molar-refractivity contribution in [3.8, 4) is 0 Å². The van der Waals surface area contributed by atoms with Gasteiger partial charge < -0.3 is 15.1 Å². The van der Waals surface area contributed by atoms with Crippen LogP contribution in [0.4, 0.5) is 23.7 Å². The lowest BCUT2D eigenvalue weighted by atomic mass is 9.77. The molecule has 0 aliphatic carbocycles. The predicted octanol–water partition coefficient (Wildman–Crippen LogP) is 4.91. The van der Waals surface area contributed by atoms with Crippen LogP contribution in [0.1, 0.15) is 35.2 Å². The van der Waals surface area contributed by atoms with Crippen molar-refractivity contribution in [1.29, 1.82) is 0 Å². The van der Waals surface area contributed by atoms with Crippen LogP contribution in [0.3, 0.4) is 0 Å². The van der Waals surface area contributed by atoms with Crippen molar-refractivity contribution in [1.82, 2.24) is 14.8 Å². The van der Waals surface area contributed by atoms with Gasteiger partial charge in [0, 0.05) is 43.6 Å². The zero-order valence-corrected chi connectivity index (χ0v) is 17.9. The van der Waals surface area contributed by atoms with Crippen LogP contribution in [-0.2, 0) is 6.18 Å². The number of carbonyl (C=O) groups is 2. The van der Waals surface area contributed by atoms with Crippen LogP contribution in [0, 0.1) is 5.41 Å². The number of amides is 3. The molecule has 32 heavy (non-hydrogen) atoms. The summed E-state index contributed by atoms with van der Waals surface area (Å²) in [5.41, 5.74) is 0.0145. The number of nitrogens with one attached hydrogen (secondary N) is 1. The Hall–Kier alpha value is -2.81. The quantitative estimate of drug-likeness (QED) is 0.639. The molecule has 3 amide bonds. The molecule has 0 atom stereocenters. The Morgan fingerprint density at radius 2 is 1.62 bits per heavy atom. The van der Waals surface area contributed by atoms with E-state index in [9.17, 15) is 22.8 Å². The number of likely N-dealkylation sites (tertiary alicyclic amines) is 2. The monoisotopic (exact) mass is 466 g/mol. The Kier molecular flexibility index (Phi) is 6.03. The minimum atomic E-state index is -4.41. The van der Waals surface area contributed by atoms with Gasteiger partial charge in [-0.25, -0.2) is 9.78 Å². The van der Waals surface area contributed by atoms with Crippen LogP contribution in [0.25, 0.3) is 0 Å². The number of aromatic nitrogens is 1. The van der Waals surface area contributed by atoms with E-state index in [1.54, 1.807) is 21.9 Å². The van der Waals surface area contributed by atoms with Gasteiger partial charge in [0.1, 0.15) is 5.15 Å². The maximum absolute atomic E-state index is 12.7. The number of anilines is 1. The van der Waals surface area contributed by atoms with E-state index in [0.29, 0.717) is 37.4 Å². The fourth-order valence-electron chi connectivity index (χ4n) is 4.36. The van der Waals surface area contributed by atoms with Crippen LogP contribution in [0.2, 0.25) is 5.15 Å². The fourth-order valence-corrected chi connectivity index (χ4v) is 4.54. The molecule has 1 aromatic carbocycles. The molecule has 3 heterocycles. The molecule has 6 nitrogen and oxygen atoms in total. The zero-order chi connectivity index (χ0) is 22.9. The summed E-state index contributed by atoms with van der Waals surface area (Å²) in [5, 5.41) is 2.95. The third-order valence-corrected chi connectivity index (χ3v) is 6.48. The molecular weight excluding hydrogens is 445 g/mol. The molecule has 1 aromatic heterocycles. The summed E-state index contributed by atoms with van der Waals surface area (Å²) in [6.07, 6.45) is -0.519. The lowest BCUT2D eigenvalue weighted by Gasteiger charge is -2.39. The number of hydrogen-bond donors (Lipinski definition) is 1. The third-order valence-electron chi connectivity index (χ3n) is 6.27. The van der Waals surface area contributed by atoms with Gasteiger partial charge in [-0.3, -0.25) is 4.79 Å². The number of carbonyl (C=O) groups excluding carboxylic acids is 2. The second kappa shape index (κ2) is 8.61. The Morgan fingerprint density at radius 1 is 1.00 bits per heavy atom. The van der Waals surface area contributed by atoms with Gasteiger partial charge in [0.2, 0.25) is 0 Å². The van der Waals surface area contributed by atoms with E-state index in [0.717, 1.165) is 31.4 Å². The van der Waals surface area contributed by atoms with E-state index in [1.807, 2.05) is 0 Å². The Bertz CT molecular complexity index is 1000. The van der Waals surface area contributed by atoms with Gasteiger partial charge in [0.15, 0.2) is 0 Å². The summed E-state index contributed by atoms with van der Waals surface area (Å²) in [7, 11) is 0. The highest BCUT2D eigenvalue weighted by atomic mass is 35.5. The maximum Gasteiger partial charge on any atom is 0.416 e. The number of alkyl halides is 3. The molecule has 2 fully saturated rings. The molecule has 2 aliphatic rings. The molecule has 1 N–H and O–H groups in total. The van der Waals surface area contributed by atoms with Gasteiger partial charge in [-0.15, -0.1) is 0 Å². The third kappa shape index (κ3) is 4.82. The number of pyridine rings is 1. The minimum Gasteiger partial charge on any atom is -0.339 e. The topological polar surface area (TPSA) is 65.5 Å². The Labute approximate surface area is 188 Å². The van der Waals surface area contributed by atoms with Crippen molar-refractivity contribution in [2.45, 2.75) is 25.4 Å². The summed E-state index contributed by atoms with van der Waals surface area (Å²) in [5.74, 6) is -0.0842. The van der Waals surface area contributed by atoms with Crippen LogP contribution < -0.4 is 5.32 Å². The first kappa shape index (κ1) is 22.4. The summed E-state index contributed by atoms with van der Waals surface area (Å²) in [4.78, 5) is 32.7. The van der Waals surface area contributed by atoms with E-state index in [4.69, 9.17) is 11.6 Å². The van der Waals surface area contributed by atoms with Crippen molar-refractivity contribution >= 4 is 29.2 Å². The summed E-state index contributed by atoms with van der Waals surface area (Å²) in [6.45, 7) is 2.31. The number of hydrogen-bond acceptors (Lipinski definition) is 3. The van der Waals surface area contributed by atoms with Crippen LogP contribution in [-0.4, -0.2) is 52.9 Å². The van der Waals surface area contributed by atoms with Crippen molar-refractivity contribution < 1.29 is 22.8 Å². The summed E-state index contributed by atoms with van der Waals surface area (Å²) >= 11 is 5.88. The van der Waals surface area contributed by atoms with Crippen LogP contribution in [0.5, 0.6) is 0 Å². The Balaban J connectivity index is 1.31. The first-order valence-corrected chi connectivity index (χ1v) is 10.7. The second-order valence-corrected chi connectivity index (χ2v) is 8.72. The molecule has 0 unspecified atom stereocenters.